The lowest BCUT2D eigenvalue weighted by Crippen LogP contribution is -2.16. The third-order valence-electron chi connectivity index (χ3n) is 3.85. The first-order chi connectivity index (χ1) is 11.0. The number of nitrogens with one attached hydrogen (secondary N) is 2. The monoisotopic (exact) mass is 351 g/mol. The SMILES string of the molecule is O=S(=O)(Nc1ccc(NC2CCCC2)nc1)c1ccc(Cl)cc1. The van der Waals surface area contributed by atoms with Gasteiger partial charge in [-0.25, -0.2) is 13.4 Å². The highest BCUT2D eigenvalue weighted by Crippen LogP contribution is 2.22. The van der Waals surface area contributed by atoms with Gasteiger partial charge < -0.3 is 5.32 Å². The second kappa shape index (κ2) is 6.76. The van der Waals surface area contributed by atoms with Crippen molar-refractivity contribution < 1.29 is 8.42 Å². The van der Waals surface area contributed by atoms with Gasteiger partial charge in [0.25, 0.3) is 10.0 Å². The van der Waals surface area contributed by atoms with Gasteiger partial charge in [-0.05, 0) is 49.2 Å². The fourth-order valence-corrected chi connectivity index (χ4v) is 3.82. The van der Waals surface area contributed by atoms with Crippen molar-refractivity contribution in [3.05, 3.63) is 47.6 Å². The van der Waals surface area contributed by atoms with E-state index < -0.39 is 10.0 Å². The molecule has 0 atom stereocenters. The molecule has 0 saturated heterocycles. The minimum Gasteiger partial charge on any atom is -0.367 e. The molecule has 1 fully saturated rings. The fourth-order valence-electron chi connectivity index (χ4n) is 2.65. The molecule has 0 amide bonds. The first-order valence-electron chi connectivity index (χ1n) is 7.54. The van der Waals surface area contributed by atoms with Crippen LogP contribution in [0.3, 0.4) is 0 Å². The predicted octanol–water partition coefficient (Wildman–Crippen LogP) is 3.89. The summed E-state index contributed by atoms with van der Waals surface area (Å²) in [5.74, 6) is 0.770. The van der Waals surface area contributed by atoms with Gasteiger partial charge in [0.1, 0.15) is 5.82 Å². The third-order valence-corrected chi connectivity index (χ3v) is 5.50. The Kier molecular flexibility index (Phi) is 4.73. The highest BCUT2D eigenvalue weighted by Gasteiger charge is 2.16. The number of hydrogen-bond acceptors (Lipinski definition) is 4. The van der Waals surface area contributed by atoms with E-state index in [0.717, 1.165) is 18.7 Å². The summed E-state index contributed by atoms with van der Waals surface area (Å²) in [7, 11) is -3.63. The quantitative estimate of drug-likeness (QED) is 0.857. The van der Waals surface area contributed by atoms with Crippen molar-refractivity contribution in [2.45, 2.75) is 36.6 Å². The molecule has 0 bridgehead atoms. The van der Waals surface area contributed by atoms with Crippen LogP contribution in [0.2, 0.25) is 5.02 Å². The zero-order valence-electron chi connectivity index (χ0n) is 12.5. The van der Waals surface area contributed by atoms with E-state index in [2.05, 4.69) is 15.0 Å². The first-order valence-corrected chi connectivity index (χ1v) is 9.40. The average molecular weight is 352 g/mol. The maximum absolute atomic E-state index is 12.3. The van der Waals surface area contributed by atoms with Crippen LogP contribution in [-0.4, -0.2) is 19.4 Å². The predicted molar refractivity (Wildman–Crippen MR) is 92.4 cm³/mol. The lowest BCUT2D eigenvalue weighted by Gasteiger charge is -2.13. The number of aromatic nitrogens is 1. The van der Waals surface area contributed by atoms with Gasteiger partial charge >= 0.3 is 0 Å². The Morgan fingerprint density at radius 3 is 2.35 bits per heavy atom. The molecule has 1 saturated carbocycles. The third kappa shape index (κ3) is 4.14. The normalized spacial score (nSPS) is 15.5. The molecule has 1 aromatic carbocycles. The molecular weight excluding hydrogens is 334 g/mol. The lowest BCUT2D eigenvalue weighted by molar-refractivity contribution is 0.601. The second-order valence-electron chi connectivity index (χ2n) is 5.62. The lowest BCUT2D eigenvalue weighted by atomic mass is 10.2. The largest absolute Gasteiger partial charge is 0.367 e. The zero-order valence-corrected chi connectivity index (χ0v) is 14.1. The van der Waals surface area contributed by atoms with Crippen molar-refractivity contribution in [3.63, 3.8) is 0 Å². The van der Waals surface area contributed by atoms with Gasteiger partial charge in [-0.2, -0.15) is 0 Å². The van der Waals surface area contributed by atoms with Crippen molar-refractivity contribution >= 4 is 33.1 Å². The van der Waals surface area contributed by atoms with Gasteiger partial charge in [0.15, 0.2) is 0 Å². The van der Waals surface area contributed by atoms with Gasteiger partial charge in [0.2, 0.25) is 0 Å². The first kappa shape index (κ1) is 16.1. The molecule has 7 heteroatoms. The van der Waals surface area contributed by atoms with Crippen LogP contribution < -0.4 is 10.0 Å². The van der Waals surface area contributed by atoms with Crippen LogP contribution in [0, 0.1) is 0 Å². The van der Waals surface area contributed by atoms with Crippen LogP contribution in [0.25, 0.3) is 0 Å². The molecule has 5 nitrogen and oxygen atoms in total. The van der Waals surface area contributed by atoms with Gasteiger partial charge in [0, 0.05) is 11.1 Å². The number of pyridine rings is 1. The van der Waals surface area contributed by atoms with Crippen molar-refractivity contribution in [1.29, 1.82) is 0 Å². The molecular formula is C16H18ClN3O2S. The zero-order chi connectivity index (χ0) is 16.3. The summed E-state index contributed by atoms with van der Waals surface area (Å²) in [4.78, 5) is 4.44. The fraction of sp³-hybridized carbons (Fsp3) is 0.312. The smallest absolute Gasteiger partial charge is 0.261 e. The summed E-state index contributed by atoms with van der Waals surface area (Å²) in [6.07, 6.45) is 6.33. The van der Waals surface area contributed by atoms with Gasteiger partial charge in [-0.15, -0.1) is 0 Å². The molecule has 3 rings (SSSR count). The van der Waals surface area contributed by atoms with Crippen molar-refractivity contribution in [2.75, 3.05) is 10.0 Å². The Bertz CT molecular complexity index is 755. The maximum Gasteiger partial charge on any atom is 0.261 e. The summed E-state index contributed by atoms with van der Waals surface area (Å²) in [6.45, 7) is 0. The van der Waals surface area contributed by atoms with Crippen molar-refractivity contribution in [2.24, 2.45) is 0 Å². The van der Waals surface area contributed by atoms with E-state index in [1.54, 1.807) is 24.3 Å². The highest BCUT2D eigenvalue weighted by molar-refractivity contribution is 7.92. The molecule has 2 N–H and O–H groups in total. The molecule has 122 valence electrons. The molecule has 0 spiro atoms. The Balaban J connectivity index is 1.68. The van der Waals surface area contributed by atoms with Gasteiger partial charge in [-0.3, -0.25) is 4.72 Å². The van der Waals surface area contributed by atoms with E-state index in [1.165, 1.54) is 31.2 Å². The highest BCUT2D eigenvalue weighted by atomic mass is 35.5. The van der Waals surface area contributed by atoms with Crippen LogP contribution in [0.5, 0.6) is 0 Å². The number of hydrogen-bond donors (Lipinski definition) is 2. The van der Waals surface area contributed by atoms with E-state index in [0.29, 0.717) is 16.8 Å². The second-order valence-corrected chi connectivity index (χ2v) is 7.74. The minimum atomic E-state index is -3.63. The number of anilines is 2. The molecule has 23 heavy (non-hydrogen) atoms. The summed E-state index contributed by atoms with van der Waals surface area (Å²) < 4.78 is 27.1. The summed E-state index contributed by atoms with van der Waals surface area (Å²) in [6, 6.07) is 9.99. The van der Waals surface area contributed by atoms with Crippen LogP contribution >= 0.6 is 11.6 Å². The molecule has 0 radical (unpaired) electrons. The molecule has 1 aliphatic carbocycles. The summed E-state index contributed by atoms with van der Waals surface area (Å²) in [5, 5.41) is 3.86. The van der Waals surface area contributed by atoms with Gasteiger partial charge in [-0.1, -0.05) is 24.4 Å². The number of rotatable bonds is 5. The van der Waals surface area contributed by atoms with E-state index >= 15 is 0 Å². The Hall–Kier alpha value is -1.79. The Labute approximate surface area is 141 Å². The standard InChI is InChI=1S/C16H18ClN3O2S/c17-12-5-8-15(9-6-12)23(21,22)20-14-7-10-16(18-11-14)19-13-3-1-2-4-13/h5-11,13,20H,1-4H2,(H,18,19). The topological polar surface area (TPSA) is 71.1 Å². The van der Waals surface area contributed by atoms with E-state index in [4.69, 9.17) is 11.6 Å². The minimum absolute atomic E-state index is 0.162. The van der Waals surface area contributed by atoms with Crippen LogP contribution in [-0.2, 0) is 10.0 Å². The number of halogens is 1. The van der Waals surface area contributed by atoms with E-state index in [-0.39, 0.29) is 4.90 Å². The molecule has 0 aliphatic heterocycles. The molecule has 1 heterocycles. The average Bonchev–Trinajstić information content (AvgIpc) is 3.02. The number of nitrogens with zero attached hydrogens (tertiary/aromatic N) is 1. The molecule has 1 aromatic heterocycles. The van der Waals surface area contributed by atoms with Crippen molar-refractivity contribution in [3.8, 4) is 0 Å². The van der Waals surface area contributed by atoms with Gasteiger partial charge in [0.05, 0.1) is 16.8 Å². The Morgan fingerprint density at radius 2 is 1.74 bits per heavy atom. The molecule has 2 aromatic rings. The molecule has 0 unspecified atom stereocenters. The van der Waals surface area contributed by atoms with Crippen molar-refractivity contribution in [1.82, 2.24) is 4.98 Å². The van der Waals surface area contributed by atoms with Crippen LogP contribution in [0.4, 0.5) is 11.5 Å². The number of benzene rings is 1. The van der Waals surface area contributed by atoms with Crippen LogP contribution in [0.1, 0.15) is 25.7 Å². The maximum atomic E-state index is 12.3. The number of sulfonamides is 1. The van der Waals surface area contributed by atoms with Crippen LogP contribution in [0.15, 0.2) is 47.5 Å². The summed E-state index contributed by atoms with van der Waals surface area (Å²) in [5.41, 5.74) is 0.428. The molecule has 1 aliphatic rings. The van der Waals surface area contributed by atoms with E-state index in [1.807, 2.05) is 0 Å². The Morgan fingerprint density at radius 1 is 1.04 bits per heavy atom. The summed E-state index contributed by atoms with van der Waals surface area (Å²) >= 11 is 5.78. The van der Waals surface area contributed by atoms with E-state index in [9.17, 15) is 8.42 Å².